The molecule has 1 saturated carbocycles. The highest BCUT2D eigenvalue weighted by Gasteiger charge is 2.26. The molecule has 0 bridgehead atoms. The average Bonchev–Trinajstić information content (AvgIpc) is 2.32. The Labute approximate surface area is 109 Å². The molecule has 0 radical (unpaired) electrons. The average molecular weight is 236 g/mol. The van der Waals surface area contributed by atoms with Crippen LogP contribution in [0.25, 0.3) is 0 Å². The Morgan fingerprint density at radius 3 is 1.65 bits per heavy atom. The van der Waals surface area contributed by atoms with Gasteiger partial charge in [0.05, 0.1) is 0 Å². The fourth-order valence-corrected chi connectivity index (χ4v) is 2.01. The van der Waals surface area contributed by atoms with E-state index in [2.05, 4.69) is 38.1 Å². The van der Waals surface area contributed by atoms with Crippen LogP contribution in [0.3, 0.4) is 0 Å². The van der Waals surface area contributed by atoms with Crippen LogP contribution in [-0.4, -0.2) is 0 Å². The van der Waals surface area contributed by atoms with Crippen LogP contribution in [0.5, 0.6) is 0 Å². The summed E-state index contributed by atoms with van der Waals surface area (Å²) in [5.41, 5.74) is 2.91. The molecule has 17 heavy (non-hydrogen) atoms. The molecule has 0 nitrogen and oxygen atoms in total. The third-order valence-corrected chi connectivity index (χ3v) is 2.92. The fraction of sp³-hybridized carbons (Fsp3) is 0.647. The second-order valence-electron chi connectivity index (χ2n) is 4.18. The Morgan fingerprint density at radius 2 is 1.29 bits per heavy atom. The molecule has 0 amide bonds. The van der Waals surface area contributed by atoms with Crippen molar-refractivity contribution in [1.29, 1.82) is 0 Å². The number of rotatable bonds is 1. The van der Waals surface area contributed by atoms with Gasteiger partial charge in [0.25, 0.3) is 0 Å². The molecule has 1 aromatic rings. The van der Waals surface area contributed by atoms with E-state index in [9.17, 15) is 0 Å². The summed E-state index contributed by atoms with van der Waals surface area (Å²) in [6.45, 7) is 12.5. The van der Waals surface area contributed by atoms with Gasteiger partial charge in [-0.2, -0.15) is 0 Å². The number of hydrogen-bond acceptors (Lipinski definition) is 0. The Bertz CT molecular complexity index is 252. The van der Waals surface area contributed by atoms with Gasteiger partial charge in [-0.05, 0) is 37.2 Å². The van der Waals surface area contributed by atoms with E-state index in [1.807, 2.05) is 27.7 Å². The predicted molar refractivity (Wildman–Crippen MR) is 81.7 cm³/mol. The van der Waals surface area contributed by atoms with E-state index in [0.717, 1.165) is 11.8 Å². The monoisotopic (exact) mass is 236 g/mol. The minimum atomic E-state index is 0. The molecule has 0 spiro atoms. The summed E-state index contributed by atoms with van der Waals surface area (Å²) in [7, 11) is 0. The van der Waals surface area contributed by atoms with Crippen LogP contribution in [0, 0.1) is 12.8 Å². The first-order valence-corrected chi connectivity index (χ1v) is 6.82. The minimum absolute atomic E-state index is 0. The van der Waals surface area contributed by atoms with Crippen molar-refractivity contribution in [2.45, 2.75) is 67.7 Å². The standard InChI is InChI=1S/C12H16.2C2H6.CH4/c1-9-3-5-11(6-4-9)12-7-10(2)8-12;2*1-2;/h3-6,10,12H,7-8H2,1-2H3;2*1-2H3;1H4. The van der Waals surface area contributed by atoms with Gasteiger partial charge in [-0.15, -0.1) is 0 Å². The third kappa shape index (κ3) is 5.91. The Kier molecular flexibility index (Phi) is 11.3. The minimum Gasteiger partial charge on any atom is -0.0776 e. The molecule has 0 atom stereocenters. The van der Waals surface area contributed by atoms with Crippen molar-refractivity contribution in [2.24, 2.45) is 5.92 Å². The lowest BCUT2D eigenvalue weighted by atomic mass is 9.72. The third-order valence-electron chi connectivity index (χ3n) is 2.92. The van der Waals surface area contributed by atoms with Crippen molar-refractivity contribution in [3.05, 3.63) is 35.4 Å². The number of benzene rings is 1. The van der Waals surface area contributed by atoms with Crippen molar-refractivity contribution in [3.8, 4) is 0 Å². The summed E-state index contributed by atoms with van der Waals surface area (Å²) < 4.78 is 0. The van der Waals surface area contributed by atoms with Crippen LogP contribution in [0.15, 0.2) is 24.3 Å². The van der Waals surface area contributed by atoms with Gasteiger partial charge in [-0.3, -0.25) is 0 Å². The van der Waals surface area contributed by atoms with E-state index in [1.54, 1.807) is 5.56 Å². The maximum Gasteiger partial charge on any atom is -0.0157 e. The second kappa shape index (κ2) is 10.4. The van der Waals surface area contributed by atoms with E-state index >= 15 is 0 Å². The second-order valence-corrected chi connectivity index (χ2v) is 4.18. The molecule has 0 N–H and O–H groups in total. The van der Waals surface area contributed by atoms with Crippen LogP contribution < -0.4 is 0 Å². The maximum absolute atomic E-state index is 2.34. The van der Waals surface area contributed by atoms with Gasteiger partial charge in [0, 0.05) is 0 Å². The highest BCUT2D eigenvalue weighted by atomic mass is 14.3. The van der Waals surface area contributed by atoms with Gasteiger partial charge in [-0.1, -0.05) is 71.9 Å². The van der Waals surface area contributed by atoms with Crippen LogP contribution in [0.2, 0.25) is 0 Å². The molecule has 0 heterocycles. The highest BCUT2D eigenvalue weighted by molar-refractivity contribution is 5.26. The molecule has 0 aromatic heterocycles. The molecule has 0 unspecified atom stereocenters. The maximum atomic E-state index is 2.34. The molecular weight excluding hydrogens is 204 g/mol. The van der Waals surface area contributed by atoms with Crippen molar-refractivity contribution in [3.63, 3.8) is 0 Å². The summed E-state index contributed by atoms with van der Waals surface area (Å²) >= 11 is 0. The molecule has 1 fully saturated rings. The summed E-state index contributed by atoms with van der Waals surface area (Å²) in [6, 6.07) is 9.01. The molecule has 100 valence electrons. The Balaban J connectivity index is 0. The number of hydrogen-bond donors (Lipinski definition) is 0. The van der Waals surface area contributed by atoms with Crippen LogP contribution in [-0.2, 0) is 0 Å². The van der Waals surface area contributed by atoms with E-state index in [-0.39, 0.29) is 7.43 Å². The van der Waals surface area contributed by atoms with Crippen LogP contribution >= 0.6 is 0 Å². The zero-order chi connectivity index (χ0) is 12.6. The fourth-order valence-electron chi connectivity index (χ4n) is 2.01. The summed E-state index contributed by atoms with van der Waals surface area (Å²) in [6.07, 6.45) is 2.78. The quantitative estimate of drug-likeness (QED) is 0.545. The van der Waals surface area contributed by atoms with Gasteiger partial charge in [0.1, 0.15) is 0 Å². The van der Waals surface area contributed by atoms with Crippen molar-refractivity contribution < 1.29 is 0 Å². The molecule has 0 heteroatoms. The van der Waals surface area contributed by atoms with E-state index in [0.29, 0.717) is 0 Å². The van der Waals surface area contributed by atoms with Crippen molar-refractivity contribution in [1.82, 2.24) is 0 Å². The van der Waals surface area contributed by atoms with Crippen LogP contribution in [0.4, 0.5) is 0 Å². The molecular formula is C17H32. The molecule has 0 saturated heterocycles. The summed E-state index contributed by atoms with van der Waals surface area (Å²) in [5.74, 6) is 1.82. The first kappa shape index (κ1) is 18.6. The van der Waals surface area contributed by atoms with E-state index in [1.165, 1.54) is 18.4 Å². The van der Waals surface area contributed by atoms with Gasteiger partial charge >= 0.3 is 0 Å². The van der Waals surface area contributed by atoms with Crippen molar-refractivity contribution >= 4 is 0 Å². The van der Waals surface area contributed by atoms with Gasteiger partial charge in [0.15, 0.2) is 0 Å². The molecule has 2 rings (SSSR count). The Morgan fingerprint density at radius 1 is 0.882 bits per heavy atom. The van der Waals surface area contributed by atoms with E-state index in [4.69, 9.17) is 0 Å². The first-order chi connectivity index (χ1) is 7.75. The summed E-state index contributed by atoms with van der Waals surface area (Å²) in [4.78, 5) is 0. The topological polar surface area (TPSA) is 0 Å². The normalized spacial score (nSPS) is 20.6. The molecule has 0 aliphatic heterocycles. The predicted octanol–water partition coefficient (Wildman–Crippen LogP) is 6.20. The highest BCUT2D eigenvalue weighted by Crippen LogP contribution is 2.40. The number of aryl methyl sites for hydroxylation is 1. The zero-order valence-corrected chi connectivity index (χ0v) is 11.9. The lowest BCUT2D eigenvalue weighted by Gasteiger charge is -2.33. The lowest BCUT2D eigenvalue weighted by molar-refractivity contribution is 0.288. The molecule has 1 aliphatic rings. The lowest BCUT2D eigenvalue weighted by Crippen LogP contribution is -2.18. The molecule has 1 aliphatic carbocycles. The van der Waals surface area contributed by atoms with E-state index < -0.39 is 0 Å². The van der Waals surface area contributed by atoms with Crippen LogP contribution in [0.1, 0.15) is 71.9 Å². The van der Waals surface area contributed by atoms with Crippen molar-refractivity contribution in [2.75, 3.05) is 0 Å². The zero-order valence-electron chi connectivity index (χ0n) is 11.9. The SMILES string of the molecule is C.CC.CC.Cc1ccc(C2CC(C)C2)cc1. The Hall–Kier alpha value is -0.780. The van der Waals surface area contributed by atoms with Gasteiger partial charge in [-0.25, -0.2) is 0 Å². The largest absolute Gasteiger partial charge is 0.0776 e. The smallest absolute Gasteiger partial charge is 0.0157 e. The van der Waals surface area contributed by atoms with Gasteiger partial charge in [0.2, 0.25) is 0 Å². The first-order valence-electron chi connectivity index (χ1n) is 6.82. The molecule has 1 aromatic carbocycles. The summed E-state index contributed by atoms with van der Waals surface area (Å²) in [5, 5.41) is 0. The van der Waals surface area contributed by atoms with Gasteiger partial charge < -0.3 is 0 Å².